The van der Waals surface area contributed by atoms with Gasteiger partial charge in [-0.1, -0.05) is 12.1 Å². The lowest BCUT2D eigenvalue weighted by molar-refractivity contribution is 0.125. The van der Waals surface area contributed by atoms with Crippen molar-refractivity contribution in [2.24, 2.45) is 0 Å². The number of rotatable bonds is 5. The molecule has 0 bridgehead atoms. The first-order valence-corrected chi connectivity index (χ1v) is 11.4. The number of nitrogens with zero attached hydrogens (tertiary/aromatic N) is 5. The minimum atomic E-state index is -0.289. The SMILES string of the molecule is C/C=C(\C)OC(=O)N1CCCC1CNc1nc2cc(-c3nnn[nH]3)ccc2c2sccc12. The van der Waals surface area contributed by atoms with Crippen LogP contribution in [-0.4, -0.2) is 55.7 Å². The number of pyridine rings is 1. The van der Waals surface area contributed by atoms with Crippen molar-refractivity contribution in [2.45, 2.75) is 32.7 Å². The third-order valence-corrected chi connectivity index (χ3v) is 6.73. The minimum Gasteiger partial charge on any atom is -0.415 e. The van der Waals surface area contributed by atoms with Crippen LogP contribution in [0.25, 0.3) is 32.4 Å². The van der Waals surface area contributed by atoms with E-state index < -0.39 is 0 Å². The van der Waals surface area contributed by atoms with Gasteiger partial charge in [-0.3, -0.25) is 0 Å². The number of amides is 1. The minimum absolute atomic E-state index is 0.0601. The van der Waals surface area contributed by atoms with Gasteiger partial charge in [0.05, 0.1) is 11.6 Å². The number of hydrogen-bond acceptors (Lipinski definition) is 8. The Labute approximate surface area is 188 Å². The van der Waals surface area contributed by atoms with Crippen LogP contribution in [0.5, 0.6) is 0 Å². The number of carbonyl (C=O) groups is 1. The zero-order valence-corrected chi connectivity index (χ0v) is 18.6. The van der Waals surface area contributed by atoms with Crippen molar-refractivity contribution in [1.82, 2.24) is 30.5 Å². The molecule has 1 aliphatic heterocycles. The molecule has 32 heavy (non-hydrogen) atoms. The fourth-order valence-corrected chi connectivity index (χ4v) is 4.95. The molecule has 3 aromatic heterocycles. The fourth-order valence-electron chi connectivity index (χ4n) is 4.02. The van der Waals surface area contributed by atoms with Gasteiger partial charge in [0, 0.05) is 34.1 Å². The number of benzene rings is 1. The molecule has 1 amide bonds. The zero-order valence-electron chi connectivity index (χ0n) is 17.8. The number of ether oxygens (including phenoxy) is 1. The molecule has 0 aliphatic carbocycles. The Balaban J connectivity index is 1.42. The number of H-pyrrole nitrogens is 1. The summed E-state index contributed by atoms with van der Waals surface area (Å²) in [6.45, 7) is 4.96. The van der Waals surface area contributed by atoms with E-state index in [0.29, 0.717) is 24.7 Å². The van der Waals surface area contributed by atoms with Gasteiger partial charge in [-0.05, 0) is 60.7 Å². The van der Waals surface area contributed by atoms with Crippen LogP contribution < -0.4 is 5.32 Å². The summed E-state index contributed by atoms with van der Waals surface area (Å²) in [6.07, 6.45) is 3.39. The molecule has 4 aromatic rings. The predicted molar refractivity (Wildman–Crippen MR) is 124 cm³/mol. The Hall–Kier alpha value is -3.53. The maximum Gasteiger partial charge on any atom is 0.415 e. The maximum absolute atomic E-state index is 12.5. The van der Waals surface area contributed by atoms with Gasteiger partial charge in [-0.15, -0.1) is 16.4 Å². The zero-order chi connectivity index (χ0) is 22.1. The monoisotopic (exact) mass is 449 g/mol. The van der Waals surface area contributed by atoms with E-state index >= 15 is 0 Å². The second-order valence-corrected chi connectivity index (χ2v) is 8.66. The number of nitrogens with one attached hydrogen (secondary N) is 2. The summed E-state index contributed by atoms with van der Waals surface area (Å²) in [5.74, 6) is 2.03. The summed E-state index contributed by atoms with van der Waals surface area (Å²) in [6, 6.07) is 8.18. The van der Waals surface area contributed by atoms with Crippen LogP contribution in [0.3, 0.4) is 0 Å². The van der Waals surface area contributed by atoms with Crippen LogP contribution in [0.1, 0.15) is 26.7 Å². The van der Waals surface area contributed by atoms with Crippen molar-refractivity contribution < 1.29 is 9.53 Å². The van der Waals surface area contributed by atoms with E-state index in [4.69, 9.17) is 9.72 Å². The largest absolute Gasteiger partial charge is 0.415 e. The normalized spacial score (nSPS) is 16.8. The van der Waals surface area contributed by atoms with Crippen LogP contribution in [0.4, 0.5) is 10.6 Å². The average Bonchev–Trinajstić information content (AvgIpc) is 3.58. The van der Waals surface area contributed by atoms with E-state index in [0.717, 1.165) is 40.5 Å². The summed E-state index contributed by atoms with van der Waals surface area (Å²) in [7, 11) is 0. The maximum atomic E-state index is 12.5. The van der Waals surface area contributed by atoms with Crippen molar-refractivity contribution in [3.05, 3.63) is 41.5 Å². The summed E-state index contributed by atoms with van der Waals surface area (Å²) < 4.78 is 6.59. The second kappa shape index (κ2) is 8.54. The fraction of sp³-hybridized carbons (Fsp3) is 0.318. The van der Waals surface area contributed by atoms with Crippen LogP contribution in [0, 0.1) is 0 Å². The lowest BCUT2D eigenvalue weighted by Crippen LogP contribution is -2.39. The van der Waals surface area contributed by atoms with Gasteiger partial charge in [0.2, 0.25) is 0 Å². The third kappa shape index (κ3) is 3.77. The molecule has 1 saturated heterocycles. The smallest absolute Gasteiger partial charge is 0.415 e. The van der Waals surface area contributed by atoms with Crippen molar-refractivity contribution in [1.29, 1.82) is 0 Å². The van der Waals surface area contributed by atoms with Crippen LogP contribution in [0.2, 0.25) is 0 Å². The highest BCUT2D eigenvalue weighted by Gasteiger charge is 2.30. The lowest BCUT2D eigenvalue weighted by Gasteiger charge is -2.24. The molecule has 2 N–H and O–H groups in total. The van der Waals surface area contributed by atoms with Gasteiger partial charge < -0.3 is 15.0 Å². The molecule has 1 aromatic carbocycles. The second-order valence-electron chi connectivity index (χ2n) is 7.74. The summed E-state index contributed by atoms with van der Waals surface area (Å²) in [4.78, 5) is 19.2. The number of aromatic nitrogens is 5. The molecule has 4 heterocycles. The number of allylic oxidation sites excluding steroid dienone is 2. The number of carbonyl (C=O) groups excluding carboxylic acids is 1. The van der Waals surface area contributed by atoms with Crippen LogP contribution >= 0.6 is 11.3 Å². The standard InChI is InChI=1S/C22H23N7O2S/c1-3-13(2)31-22(30)29-9-4-5-15(29)12-23-21-17-8-10-32-19(17)16-7-6-14(11-18(16)24-21)20-25-27-28-26-20/h3,6-8,10-11,15H,4-5,9,12H2,1-2H3,(H,23,24)(H,25,26,27,28)/b13-3+. The lowest BCUT2D eigenvalue weighted by atomic mass is 10.1. The van der Waals surface area contributed by atoms with E-state index in [2.05, 4.69) is 43.5 Å². The molecule has 0 radical (unpaired) electrons. The van der Waals surface area contributed by atoms with E-state index in [9.17, 15) is 4.79 Å². The summed E-state index contributed by atoms with van der Waals surface area (Å²) in [5.41, 5.74) is 1.74. The van der Waals surface area contributed by atoms with Gasteiger partial charge in [-0.2, -0.15) is 0 Å². The molecular formula is C22H23N7O2S. The van der Waals surface area contributed by atoms with Crippen molar-refractivity contribution in [3.8, 4) is 11.4 Å². The molecule has 1 fully saturated rings. The van der Waals surface area contributed by atoms with Gasteiger partial charge in [0.25, 0.3) is 0 Å². The molecule has 1 atom stereocenters. The van der Waals surface area contributed by atoms with Gasteiger partial charge in [0.1, 0.15) is 11.6 Å². The van der Waals surface area contributed by atoms with Crippen LogP contribution in [0.15, 0.2) is 41.5 Å². The molecule has 1 unspecified atom stereocenters. The first-order chi connectivity index (χ1) is 15.6. The van der Waals surface area contributed by atoms with E-state index in [-0.39, 0.29) is 12.1 Å². The van der Waals surface area contributed by atoms with Crippen molar-refractivity contribution in [2.75, 3.05) is 18.4 Å². The number of hydrogen-bond donors (Lipinski definition) is 2. The number of thiophene rings is 1. The highest BCUT2D eigenvalue weighted by Crippen LogP contribution is 2.35. The van der Waals surface area contributed by atoms with E-state index in [1.165, 1.54) is 4.70 Å². The molecule has 0 spiro atoms. The van der Waals surface area contributed by atoms with E-state index in [1.807, 2.05) is 19.1 Å². The quantitative estimate of drug-likeness (QED) is 0.430. The third-order valence-electron chi connectivity index (χ3n) is 5.79. The average molecular weight is 450 g/mol. The topological polar surface area (TPSA) is 109 Å². The first kappa shape index (κ1) is 20.4. The summed E-state index contributed by atoms with van der Waals surface area (Å²) >= 11 is 1.69. The van der Waals surface area contributed by atoms with Gasteiger partial charge in [-0.25, -0.2) is 14.9 Å². The predicted octanol–water partition coefficient (Wildman–Crippen LogP) is 4.57. The highest BCUT2D eigenvalue weighted by atomic mass is 32.1. The molecule has 9 nitrogen and oxygen atoms in total. The number of tetrazole rings is 1. The Kier molecular flexibility index (Phi) is 5.44. The molecule has 0 saturated carbocycles. The summed E-state index contributed by atoms with van der Waals surface area (Å²) in [5, 5.41) is 21.8. The van der Waals surface area contributed by atoms with Crippen molar-refractivity contribution >= 4 is 44.2 Å². The number of anilines is 1. The Morgan fingerprint density at radius 2 is 2.28 bits per heavy atom. The van der Waals surface area contributed by atoms with Gasteiger partial charge in [0.15, 0.2) is 5.82 Å². The molecule has 10 heteroatoms. The Morgan fingerprint density at radius 1 is 1.38 bits per heavy atom. The number of likely N-dealkylation sites (tertiary alicyclic amines) is 1. The Bertz CT molecular complexity index is 1300. The van der Waals surface area contributed by atoms with Crippen molar-refractivity contribution in [3.63, 3.8) is 0 Å². The van der Waals surface area contributed by atoms with E-state index in [1.54, 1.807) is 29.2 Å². The highest BCUT2D eigenvalue weighted by molar-refractivity contribution is 7.18. The molecule has 1 aliphatic rings. The van der Waals surface area contributed by atoms with Crippen LogP contribution in [-0.2, 0) is 4.74 Å². The molecule has 164 valence electrons. The number of fused-ring (bicyclic) bond motifs is 3. The first-order valence-electron chi connectivity index (χ1n) is 10.5. The molecule has 5 rings (SSSR count). The number of aromatic amines is 1. The Morgan fingerprint density at radius 3 is 3.09 bits per heavy atom. The molecular weight excluding hydrogens is 426 g/mol. The van der Waals surface area contributed by atoms with Gasteiger partial charge >= 0.3 is 6.09 Å².